The molecule has 1 aromatic heterocycles. The van der Waals surface area contributed by atoms with Gasteiger partial charge in [0.05, 0.1) is 19.2 Å². The van der Waals surface area contributed by atoms with Crippen molar-refractivity contribution >= 4 is 17.2 Å². The third kappa shape index (κ3) is 5.89. The number of phenolic OH excluding ortho intramolecular Hbond substituents is 1. The molecule has 0 unspecified atom stereocenters. The highest BCUT2D eigenvalue weighted by molar-refractivity contribution is 7.09. The van der Waals surface area contributed by atoms with Crippen molar-refractivity contribution in [2.45, 2.75) is 51.4 Å². The minimum Gasteiger partial charge on any atom is -0.508 e. The van der Waals surface area contributed by atoms with Crippen LogP contribution < -0.4 is 14.8 Å². The molecule has 1 aliphatic carbocycles. The van der Waals surface area contributed by atoms with E-state index in [9.17, 15) is 9.90 Å². The van der Waals surface area contributed by atoms with Crippen LogP contribution in [-0.4, -0.2) is 36.8 Å². The predicted octanol–water partition coefficient (Wildman–Crippen LogP) is 5.72. The molecule has 182 valence electrons. The molecule has 0 bridgehead atoms. The molecule has 3 aromatic rings. The van der Waals surface area contributed by atoms with E-state index in [0.717, 1.165) is 41.8 Å². The molecule has 0 radical (unpaired) electrons. The van der Waals surface area contributed by atoms with Gasteiger partial charge in [0.1, 0.15) is 11.4 Å². The standard InChI is InChI=1S/C25H28N2O4S.C2H6/c1-30-21-9-8-18(14-22(21)31-2)25(10-3-4-11-25)16-26-24(29)20-15-32-23(27-20)13-17-6-5-7-19(28)12-17;1-2/h5-9,12,14-15,28H,3-4,10-11,13,16H2,1-2H3,(H,26,29);1-2H3. The monoisotopic (exact) mass is 482 g/mol. The Hall–Kier alpha value is -3.06. The van der Waals surface area contributed by atoms with Crippen molar-refractivity contribution in [3.8, 4) is 17.2 Å². The average Bonchev–Trinajstić information content (AvgIpc) is 3.54. The molecule has 2 aromatic carbocycles. The zero-order valence-corrected chi connectivity index (χ0v) is 21.2. The number of carbonyl (C=O) groups excluding carboxylic acids is 1. The number of phenols is 1. The number of benzene rings is 2. The Morgan fingerprint density at radius 3 is 2.50 bits per heavy atom. The van der Waals surface area contributed by atoms with Gasteiger partial charge in [-0.3, -0.25) is 4.79 Å². The number of rotatable bonds is 8. The van der Waals surface area contributed by atoms with Gasteiger partial charge in [-0.05, 0) is 48.2 Å². The Bertz CT molecular complexity index is 1090. The molecule has 7 heteroatoms. The van der Waals surface area contributed by atoms with Crippen LogP contribution in [0, 0.1) is 0 Å². The number of hydrogen-bond acceptors (Lipinski definition) is 6. The average molecular weight is 483 g/mol. The maximum Gasteiger partial charge on any atom is 0.270 e. The van der Waals surface area contributed by atoms with Crippen molar-refractivity contribution in [3.05, 3.63) is 69.7 Å². The molecule has 4 rings (SSSR count). The van der Waals surface area contributed by atoms with Gasteiger partial charge in [0.25, 0.3) is 5.91 Å². The first-order chi connectivity index (χ1) is 16.5. The molecule has 0 atom stereocenters. The first-order valence-corrected chi connectivity index (χ1v) is 12.6. The van der Waals surface area contributed by atoms with Crippen LogP contribution in [0.1, 0.15) is 66.2 Å². The number of nitrogens with zero attached hydrogens (tertiary/aromatic N) is 1. The molecular formula is C27H34N2O4S. The van der Waals surface area contributed by atoms with Crippen LogP contribution in [0.3, 0.4) is 0 Å². The number of ether oxygens (including phenoxy) is 2. The summed E-state index contributed by atoms with van der Waals surface area (Å²) in [6.07, 6.45) is 4.89. The fourth-order valence-electron chi connectivity index (χ4n) is 4.46. The molecule has 1 heterocycles. The highest BCUT2D eigenvalue weighted by atomic mass is 32.1. The summed E-state index contributed by atoms with van der Waals surface area (Å²) in [4.78, 5) is 17.4. The fraction of sp³-hybridized carbons (Fsp3) is 0.407. The zero-order chi connectivity index (χ0) is 24.6. The van der Waals surface area contributed by atoms with Gasteiger partial charge in [-0.25, -0.2) is 4.98 Å². The third-order valence-electron chi connectivity index (χ3n) is 6.19. The van der Waals surface area contributed by atoms with E-state index in [-0.39, 0.29) is 17.1 Å². The van der Waals surface area contributed by atoms with E-state index in [4.69, 9.17) is 9.47 Å². The van der Waals surface area contributed by atoms with Crippen LogP contribution in [0.15, 0.2) is 47.8 Å². The number of thiazole rings is 1. The van der Waals surface area contributed by atoms with Gasteiger partial charge in [0.15, 0.2) is 11.5 Å². The van der Waals surface area contributed by atoms with Crippen LogP contribution in [-0.2, 0) is 11.8 Å². The molecule has 1 amide bonds. The van der Waals surface area contributed by atoms with Gasteiger partial charge in [0.2, 0.25) is 0 Å². The summed E-state index contributed by atoms with van der Waals surface area (Å²) in [7, 11) is 3.27. The summed E-state index contributed by atoms with van der Waals surface area (Å²) in [5.41, 5.74) is 2.45. The van der Waals surface area contributed by atoms with Gasteiger partial charge in [0, 0.05) is 23.8 Å². The molecule has 1 aliphatic rings. The lowest BCUT2D eigenvalue weighted by molar-refractivity contribution is 0.0938. The molecule has 2 N–H and O–H groups in total. The van der Waals surface area contributed by atoms with Gasteiger partial charge in [-0.2, -0.15) is 0 Å². The van der Waals surface area contributed by atoms with Gasteiger partial charge in [-0.15, -0.1) is 11.3 Å². The minimum atomic E-state index is -0.157. The number of nitrogens with one attached hydrogen (secondary N) is 1. The van der Waals surface area contributed by atoms with E-state index in [1.165, 1.54) is 11.3 Å². The van der Waals surface area contributed by atoms with E-state index in [2.05, 4.69) is 16.4 Å². The topological polar surface area (TPSA) is 80.7 Å². The Balaban J connectivity index is 0.00000158. The molecular weight excluding hydrogens is 448 g/mol. The molecule has 6 nitrogen and oxygen atoms in total. The number of methoxy groups -OCH3 is 2. The van der Waals surface area contributed by atoms with Crippen LogP contribution in [0.2, 0.25) is 0 Å². The fourth-order valence-corrected chi connectivity index (χ4v) is 5.27. The summed E-state index contributed by atoms with van der Waals surface area (Å²) in [5, 5.41) is 15.4. The zero-order valence-electron chi connectivity index (χ0n) is 20.4. The summed E-state index contributed by atoms with van der Waals surface area (Å²) >= 11 is 1.46. The Morgan fingerprint density at radius 1 is 1.09 bits per heavy atom. The largest absolute Gasteiger partial charge is 0.508 e. The molecule has 0 saturated heterocycles. The maximum atomic E-state index is 12.9. The molecule has 1 fully saturated rings. The Kier molecular flexibility index (Phi) is 8.93. The van der Waals surface area contributed by atoms with Gasteiger partial charge < -0.3 is 19.9 Å². The molecule has 1 saturated carbocycles. The summed E-state index contributed by atoms with van der Waals surface area (Å²) in [5.74, 6) is 1.48. The highest BCUT2D eigenvalue weighted by Gasteiger charge is 2.36. The summed E-state index contributed by atoms with van der Waals surface area (Å²) < 4.78 is 10.9. The van der Waals surface area contributed by atoms with Crippen LogP contribution >= 0.6 is 11.3 Å². The Labute approximate surface area is 206 Å². The summed E-state index contributed by atoms with van der Waals surface area (Å²) in [6, 6.07) is 13.1. The SMILES string of the molecule is CC.COc1ccc(C2(CNC(=O)c3csc(Cc4cccc(O)c4)n3)CCCC2)cc1OC. The molecule has 0 spiro atoms. The number of carbonyl (C=O) groups is 1. The second-order valence-electron chi connectivity index (χ2n) is 8.21. The van der Waals surface area contributed by atoms with Crippen molar-refractivity contribution in [2.75, 3.05) is 20.8 Å². The number of amides is 1. The van der Waals surface area contributed by atoms with Crippen molar-refractivity contribution in [2.24, 2.45) is 0 Å². The summed E-state index contributed by atoms with van der Waals surface area (Å²) in [6.45, 7) is 4.56. The molecule has 34 heavy (non-hydrogen) atoms. The lowest BCUT2D eigenvalue weighted by Gasteiger charge is -2.30. The minimum absolute atomic E-state index is 0.115. The number of aromatic nitrogens is 1. The molecule has 0 aliphatic heterocycles. The second kappa shape index (κ2) is 11.9. The van der Waals surface area contributed by atoms with Crippen LogP contribution in [0.4, 0.5) is 0 Å². The number of hydrogen-bond donors (Lipinski definition) is 2. The van der Waals surface area contributed by atoms with Crippen molar-refractivity contribution < 1.29 is 19.4 Å². The second-order valence-corrected chi connectivity index (χ2v) is 9.16. The van der Waals surface area contributed by atoms with E-state index < -0.39 is 0 Å². The van der Waals surface area contributed by atoms with E-state index in [0.29, 0.717) is 30.2 Å². The van der Waals surface area contributed by atoms with Gasteiger partial charge >= 0.3 is 0 Å². The predicted molar refractivity (Wildman–Crippen MR) is 136 cm³/mol. The van der Waals surface area contributed by atoms with Crippen LogP contribution in [0.5, 0.6) is 17.2 Å². The van der Waals surface area contributed by atoms with E-state index in [1.54, 1.807) is 37.8 Å². The van der Waals surface area contributed by atoms with Gasteiger partial charge in [-0.1, -0.05) is 44.9 Å². The lowest BCUT2D eigenvalue weighted by atomic mass is 9.78. The van der Waals surface area contributed by atoms with E-state index in [1.807, 2.05) is 32.0 Å². The van der Waals surface area contributed by atoms with Crippen molar-refractivity contribution in [1.29, 1.82) is 0 Å². The maximum absolute atomic E-state index is 12.9. The van der Waals surface area contributed by atoms with Crippen molar-refractivity contribution in [3.63, 3.8) is 0 Å². The highest BCUT2D eigenvalue weighted by Crippen LogP contribution is 2.43. The lowest BCUT2D eigenvalue weighted by Crippen LogP contribution is -2.39. The number of aromatic hydroxyl groups is 1. The normalized spacial score (nSPS) is 14.1. The van der Waals surface area contributed by atoms with Crippen molar-refractivity contribution in [1.82, 2.24) is 10.3 Å². The van der Waals surface area contributed by atoms with E-state index >= 15 is 0 Å². The smallest absolute Gasteiger partial charge is 0.270 e. The quantitative estimate of drug-likeness (QED) is 0.429. The van der Waals surface area contributed by atoms with Crippen LogP contribution in [0.25, 0.3) is 0 Å². The third-order valence-corrected chi connectivity index (χ3v) is 7.04. The Morgan fingerprint density at radius 2 is 1.82 bits per heavy atom. The first kappa shape index (κ1) is 25.6. The first-order valence-electron chi connectivity index (χ1n) is 11.8.